The molecule has 0 aromatic carbocycles. The van der Waals surface area contributed by atoms with E-state index >= 15 is 0 Å². The van der Waals surface area contributed by atoms with Crippen molar-refractivity contribution in [3.63, 3.8) is 0 Å². The number of carbonyl (C=O) groups is 4. The second-order valence-electron chi connectivity index (χ2n) is 9.23. The van der Waals surface area contributed by atoms with Crippen LogP contribution >= 0.6 is 0 Å². The molecule has 180 valence electrons. The molecule has 33 heavy (non-hydrogen) atoms. The smallest absolute Gasteiger partial charge is 0.341 e. The molecule has 4 rings (SSSR count). The molecular formula is C23H28O10. The van der Waals surface area contributed by atoms with Crippen LogP contribution in [0, 0.1) is 5.92 Å². The summed E-state index contributed by atoms with van der Waals surface area (Å²) in [6.07, 6.45) is -1.87. The number of fused-ring (bicyclic) bond motifs is 3. The highest BCUT2D eigenvalue weighted by molar-refractivity contribution is 5.93. The Bertz CT molecular complexity index is 953. The average molecular weight is 464 g/mol. The average Bonchev–Trinajstić information content (AvgIpc) is 3.57. The molecule has 3 fully saturated rings. The SMILES string of the molecule is C=C1C(=O)O[C@H]2[C@H]1[C@H](OC(=O)[C@]1(C)O[C@@H]1C)[C@H](OC(C)=O)/C(C(=O)OC)=C\CC[C@@]1(C)O[C@H]21. The zero-order chi connectivity index (χ0) is 24.3. The van der Waals surface area contributed by atoms with Gasteiger partial charge in [-0.3, -0.25) is 4.79 Å². The van der Waals surface area contributed by atoms with E-state index in [2.05, 4.69) is 6.58 Å². The summed E-state index contributed by atoms with van der Waals surface area (Å²) >= 11 is 0. The van der Waals surface area contributed by atoms with Crippen LogP contribution in [0.5, 0.6) is 0 Å². The second kappa shape index (κ2) is 7.95. The van der Waals surface area contributed by atoms with E-state index < -0.39 is 65.4 Å². The first-order valence-electron chi connectivity index (χ1n) is 10.8. The molecule has 0 aromatic heterocycles. The molecule has 0 aromatic rings. The van der Waals surface area contributed by atoms with Gasteiger partial charge in [-0.05, 0) is 33.6 Å². The van der Waals surface area contributed by atoms with E-state index in [1.165, 1.54) is 14.0 Å². The fraction of sp³-hybridized carbons (Fsp3) is 0.652. The minimum absolute atomic E-state index is 0.00554. The van der Waals surface area contributed by atoms with Crippen LogP contribution in [0.1, 0.15) is 40.5 Å². The Morgan fingerprint density at radius 3 is 2.42 bits per heavy atom. The van der Waals surface area contributed by atoms with E-state index in [1.54, 1.807) is 19.9 Å². The number of esters is 4. The van der Waals surface area contributed by atoms with Crippen molar-refractivity contribution in [1.29, 1.82) is 0 Å². The number of allylic oxidation sites excluding steroid dienone is 1. The fourth-order valence-electron chi connectivity index (χ4n) is 4.66. The zero-order valence-corrected chi connectivity index (χ0v) is 19.2. The Morgan fingerprint density at radius 1 is 1.18 bits per heavy atom. The summed E-state index contributed by atoms with van der Waals surface area (Å²) in [5, 5.41) is 0. The van der Waals surface area contributed by atoms with Crippen LogP contribution in [-0.2, 0) is 47.6 Å². The second-order valence-corrected chi connectivity index (χ2v) is 9.23. The third-order valence-corrected chi connectivity index (χ3v) is 6.97. The molecule has 3 aliphatic heterocycles. The summed E-state index contributed by atoms with van der Waals surface area (Å²) in [7, 11) is 1.19. The molecule has 0 amide bonds. The van der Waals surface area contributed by atoms with Gasteiger partial charge in [0, 0.05) is 12.5 Å². The van der Waals surface area contributed by atoms with Crippen LogP contribution in [-0.4, -0.2) is 72.7 Å². The fourth-order valence-corrected chi connectivity index (χ4v) is 4.66. The monoisotopic (exact) mass is 464 g/mol. The van der Waals surface area contributed by atoms with Crippen LogP contribution in [0.3, 0.4) is 0 Å². The van der Waals surface area contributed by atoms with E-state index in [0.717, 1.165) is 0 Å². The van der Waals surface area contributed by atoms with E-state index in [9.17, 15) is 19.2 Å². The molecule has 0 radical (unpaired) electrons. The summed E-state index contributed by atoms with van der Waals surface area (Å²) in [5.74, 6) is -3.79. The normalized spacial score (nSPS) is 43.1. The van der Waals surface area contributed by atoms with Gasteiger partial charge in [-0.15, -0.1) is 0 Å². The molecule has 10 nitrogen and oxygen atoms in total. The van der Waals surface area contributed by atoms with Crippen molar-refractivity contribution in [2.24, 2.45) is 5.92 Å². The largest absolute Gasteiger partial charge is 0.466 e. The molecule has 3 saturated heterocycles. The zero-order valence-electron chi connectivity index (χ0n) is 19.2. The topological polar surface area (TPSA) is 130 Å². The number of epoxide rings is 2. The summed E-state index contributed by atoms with van der Waals surface area (Å²) in [6.45, 7) is 10.2. The van der Waals surface area contributed by atoms with Gasteiger partial charge in [-0.1, -0.05) is 12.7 Å². The lowest BCUT2D eigenvalue weighted by Crippen LogP contribution is -2.49. The van der Waals surface area contributed by atoms with Gasteiger partial charge in [-0.2, -0.15) is 0 Å². The molecule has 0 saturated carbocycles. The molecule has 3 heterocycles. The van der Waals surface area contributed by atoms with Gasteiger partial charge in [0.05, 0.1) is 30.3 Å². The number of methoxy groups -OCH3 is 1. The maximum absolute atomic E-state index is 13.1. The standard InChI is InChI=1S/C23H28O10/c1-10-14-16(31-21(27)23(5)11(2)32-23)15(29-12(3)24)13(20(26)28-6)8-7-9-22(4)18(33-22)17(14)30-19(10)25/h8,11,14-18H,1,7,9H2,2-6H3/b13-8+/t11-,14-,15-,16+,17+,18-,22-,23-/m1/s1. The number of hydrogen-bond donors (Lipinski definition) is 0. The quantitative estimate of drug-likeness (QED) is 0.258. The molecule has 1 aliphatic carbocycles. The highest BCUT2D eigenvalue weighted by Crippen LogP contribution is 2.51. The van der Waals surface area contributed by atoms with Crippen LogP contribution in [0.4, 0.5) is 0 Å². The maximum atomic E-state index is 13.1. The van der Waals surface area contributed by atoms with Crippen LogP contribution < -0.4 is 0 Å². The molecule has 8 atom stereocenters. The first-order valence-corrected chi connectivity index (χ1v) is 10.8. The summed E-state index contributed by atoms with van der Waals surface area (Å²) < 4.78 is 33.2. The Kier molecular flexibility index (Phi) is 5.65. The van der Waals surface area contributed by atoms with Gasteiger partial charge in [-0.25, -0.2) is 14.4 Å². The molecule has 0 spiro atoms. The summed E-state index contributed by atoms with van der Waals surface area (Å²) in [4.78, 5) is 50.4. The van der Waals surface area contributed by atoms with Crippen molar-refractivity contribution in [3.05, 3.63) is 23.8 Å². The van der Waals surface area contributed by atoms with Crippen LogP contribution in [0.25, 0.3) is 0 Å². The van der Waals surface area contributed by atoms with Crippen molar-refractivity contribution in [3.8, 4) is 0 Å². The van der Waals surface area contributed by atoms with E-state index in [4.69, 9.17) is 28.4 Å². The van der Waals surface area contributed by atoms with Crippen molar-refractivity contribution >= 4 is 23.9 Å². The van der Waals surface area contributed by atoms with Gasteiger partial charge in [0.2, 0.25) is 0 Å². The molecule has 0 bridgehead atoms. The lowest BCUT2D eigenvalue weighted by molar-refractivity contribution is -0.175. The Morgan fingerprint density at radius 2 is 1.85 bits per heavy atom. The van der Waals surface area contributed by atoms with Gasteiger partial charge in [0.25, 0.3) is 0 Å². The first-order chi connectivity index (χ1) is 15.4. The lowest BCUT2D eigenvalue weighted by Gasteiger charge is -2.34. The predicted molar refractivity (Wildman–Crippen MR) is 110 cm³/mol. The third-order valence-electron chi connectivity index (χ3n) is 6.97. The van der Waals surface area contributed by atoms with Gasteiger partial charge < -0.3 is 28.4 Å². The molecular weight excluding hydrogens is 436 g/mol. The van der Waals surface area contributed by atoms with Crippen molar-refractivity contribution in [2.45, 2.75) is 82.3 Å². The number of ether oxygens (including phenoxy) is 6. The Hall–Kier alpha value is -2.72. The third kappa shape index (κ3) is 3.95. The molecule has 4 aliphatic rings. The lowest BCUT2D eigenvalue weighted by atomic mass is 9.80. The van der Waals surface area contributed by atoms with Crippen LogP contribution in [0.2, 0.25) is 0 Å². The highest BCUT2D eigenvalue weighted by atomic mass is 16.7. The van der Waals surface area contributed by atoms with Gasteiger partial charge in [0.1, 0.15) is 12.2 Å². The van der Waals surface area contributed by atoms with Crippen molar-refractivity contribution < 1.29 is 47.6 Å². The number of rotatable bonds is 4. The Balaban J connectivity index is 1.82. The van der Waals surface area contributed by atoms with Crippen molar-refractivity contribution in [2.75, 3.05) is 7.11 Å². The minimum atomic E-state index is -1.36. The summed E-state index contributed by atoms with van der Waals surface area (Å²) in [5.41, 5.74) is -1.77. The summed E-state index contributed by atoms with van der Waals surface area (Å²) in [6, 6.07) is 0. The van der Waals surface area contributed by atoms with E-state index in [-0.39, 0.29) is 17.3 Å². The molecule has 10 heteroatoms. The maximum Gasteiger partial charge on any atom is 0.341 e. The van der Waals surface area contributed by atoms with Gasteiger partial charge >= 0.3 is 23.9 Å². The van der Waals surface area contributed by atoms with Crippen LogP contribution in [0.15, 0.2) is 23.8 Å². The van der Waals surface area contributed by atoms with Crippen molar-refractivity contribution in [1.82, 2.24) is 0 Å². The predicted octanol–water partition coefficient (Wildman–Crippen LogP) is 1.16. The Labute approximate surface area is 191 Å². The first kappa shape index (κ1) is 23.4. The van der Waals surface area contributed by atoms with E-state index in [1.807, 2.05) is 6.92 Å². The number of hydrogen-bond acceptors (Lipinski definition) is 10. The molecule has 0 unspecified atom stereocenters. The van der Waals surface area contributed by atoms with Gasteiger partial charge in [0.15, 0.2) is 17.8 Å². The number of carbonyl (C=O) groups excluding carboxylic acids is 4. The van der Waals surface area contributed by atoms with E-state index in [0.29, 0.717) is 12.8 Å². The molecule has 0 N–H and O–H groups in total. The highest BCUT2D eigenvalue weighted by Gasteiger charge is 2.66. The minimum Gasteiger partial charge on any atom is -0.466 e.